The fraction of sp³-hybridized carbons (Fsp3) is 0. The molecule has 0 aliphatic carbocycles. The maximum Gasteiger partial charge on any atom is -0.0111 e. The first-order valence-corrected chi connectivity index (χ1v) is 6.76. The SMILES string of the molecule is C=Cc1ccccc1-c1cccc(-c2ccccc2)c1. The fourth-order valence-electron chi connectivity index (χ4n) is 2.43. The normalized spacial score (nSPS) is 10.2. The lowest BCUT2D eigenvalue weighted by atomic mass is 9.96. The molecule has 3 rings (SSSR count). The Morgan fingerprint density at radius 2 is 1.25 bits per heavy atom. The molecule has 0 aliphatic rings. The quantitative estimate of drug-likeness (QED) is 0.567. The van der Waals surface area contributed by atoms with Crippen molar-refractivity contribution in [1.29, 1.82) is 0 Å². The van der Waals surface area contributed by atoms with Gasteiger partial charge in [0.05, 0.1) is 0 Å². The van der Waals surface area contributed by atoms with Crippen LogP contribution >= 0.6 is 0 Å². The van der Waals surface area contributed by atoms with Crippen LogP contribution in [0.1, 0.15) is 5.56 Å². The van der Waals surface area contributed by atoms with Crippen molar-refractivity contribution in [1.82, 2.24) is 0 Å². The molecule has 0 saturated heterocycles. The van der Waals surface area contributed by atoms with E-state index in [1.54, 1.807) is 0 Å². The third-order valence-electron chi connectivity index (χ3n) is 3.46. The molecule has 3 aromatic rings. The van der Waals surface area contributed by atoms with E-state index in [0.717, 1.165) is 5.56 Å². The van der Waals surface area contributed by atoms with E-state index in [4.69, 9.17) is 0 Å². The molecule has 0 N–H and O–H groups in total. The zero-order chi connectivity index (χ0) is 13.8. The summed E-state index contributed by atoms with van der Waals surface area (Å²) in [6, 6.07) is 27.4. The predicted octanol–water partition coefficient (Wildman–Crippen LogP) is 5.66. The van der Waals surface area contributed by atoms with E-state index >= 15 is 0 Å². The molecule has 0 heteroatoms. The molecule has 0 heterocycles. The Hall–Kier alpha value is -2.60. The van der Waals surface area contributed by atoms with Crippen LogP contribution < -0.4 is 0 Å². The van der Waals surface area contributed by atoms with Crippen LogP contribution in [0.25, 0.3) is 28.3 Å². The molecule has 20 heavy (non-hydrogen) atoms. The maximum absolute atomic E-state index is 3.90. The molecule has 0 saturated carbocycles. The first-order chi connectivity index (χ1) is 9.88. The van der Waals surface area contributed by atoms with Crippen LogP contribution in [0.4, 0.5) is 0 Å². The van der Waals surface area contributed by atoms with Gasteiger partial charge in [0.25, 0.3) is 0 Å². The van der Waals surface area contributed by atoms with Gasteiger partial charge in [-0.15, -0.1) is 0 Å². The van der Waals surface area contributed by atoms with Gasteiger partial charge in [-0.25, -0.2) is 0 Å². The highest BCUT2D eigenvalue weighted by molar-refractivity contribution is 5.78. The largest absolute Gasteiger partial charge is 0.0984 e. The highest BCUT2D eigenvalue weighted by atomic mass is 14.1. The molecule has 0 nitrogen and oxygen atoms in total. The van der Waals surface area contributed by atoms with Crippen LogP contribution in [0.3, 0.4) is 0 Å². The molecule has 0 spiro atoms. The van der Waals surface area contributed by atoms with Crippen molar-refractivity contribution in [3.63, 3.8) is 0 Å². The average Bonchev–Trinajstić information content (AvgIpc) is 2.56. The van der Waals surface area contributed by atoms with Gasteiger partial charge in [0.15, 0.2) is 0 Å². The van der Waals surface area contributed by atoms with Crippen molar-refractivity contribution in [2.75, 3.05) is 0 Å². The van der Waals surface area contributed by atoms with Crippen LogP contribution in [-0.4, -0.2) is 0 Å². The van der Waals surface area contributed by atoms with Crippen molar-refractivity contribution in [3.8, 4) is 22.3 Å². The average molecular weight is 256 g/mol. The Bertz CT molecular complexity index is 724. The number of hydrogen-bond donors (Lipinski definition) is 0. The van der Waals surface area contributed by atoms with Crippen molar-refractivity contribution in [2.45, 2.75) is 0 Å². The minimum atomic E-state index is 1.16. The molecule has 0 atom stereocenters. The van der Waals surface area contributed by atoms with Gasteiger partial charge in [-0.1, -0.05) is 85.5 Å². The third kappa shape index (κ3) is 2.41. The van der Waals surface area contributed by atoms with Gasteiger partial charge in [-0.2, -0.15) is 0 Å². The zero-order valence-electron chi connectivity index (χ0n) is 11.3. The van der Waals surface area contributed by atoms with Crippen LogP contribution in [-0.2, 0) is 0 Å². The summed E-state index contributed by atoms with van der Waals surface area (Å²) in [7, 11) is 0. The van der Waals surface area contributed by atoms with E-state index in [1.165, 1.54) is 22.3 Å². The fourth-order valence-corrected chi connectivity index (χ4v) is 2.43. The van der Waals surface area contributed by atoms with Gasteiger partial charge in [0, 0.05) is 0 Å². The minimum Gasteiger partial charge on any atom is -0.0984 e. The standard InChI is InChI=1S/C20H16/c1-2-16-9-6-7-14-20(16)19-13-8-12-18(15-19)17-10-4-3-5-11-17/h2-15H,1H2. The Morgan fingerprint density at radius 3 is 2.05 bits per heavy atom. The van der Waals surface area contributed by atoms with E-state index in [2.05, 4.69) is 73.3 Å². The summed E-state index contributed by atoms with van der Waals surface area (Å²) in [6.07, 6.45) is 1.91. The molecule has 0 aliphatic heterocycles. The summed E-state index contributed by atoms with van der Waals surface area (Å²) >= 11 is 0. The van der Waals surface area contributed by atoms with E-state index in [0.29, 0.717) is 0 Å². The molecular formula is C20H16. The summed E-state index contributed by atoms with van der Waals surface area (Å²) < 4.78 is 0. The molecule has 3 aromatic carbocycles. The molecule has 96 valence electrons. The van der Waals surface area contributed by atoms with Crippen LogP contribution in [0.15, 0.2) is 85.4 Å². The smallest absolute Gasteiger partial charge is 0.0111 e. The summed E-state index contributed by atoms with van der Waals surface area (Å²) in [4.78, 5) is 0. The van der Waals surface area contributed by atoms with Gasteiger partial charge < -0.3 is 0 Å². The number of rotatable bonds is 3. The highest BCUT2D eigenvalue weighted by Crippen LogP contribution is 2.28. The van der Waals surface area contributed by atoms with Gasteiger partial charge in [0.2, 0.25) is 0 Å². The third-order valence-corrected chi connectivity index (χ3v) is 3.46. The summed E-state index contributed by atoms with van der Waals surface area (Å²) in [5.41, 5.74) is 6.09. The summed E-state index contributed by atoms with van der Waals surface area (Å²) in [5.74, 6) is 0. The van der Waals surface area contributed by atoms with Gasteiger partial charge in [0.1, 0.15) is 0 Å². The number of benzene rings is 3. The lowest BCUT2D eigenvalue weighted by Gasteiger charge is -2.08. The molecule has 0 aromatic heterocycles. The van der Waals surface area contributed by atoms with Crippen LogP contribution in [0.5, 0.6) is 0 Å². The van der Waals surface area contributed by atoms with Crippen LogP contribution in [0, 0.1) is 0 Å². The Balaban J connectivity index is 2.10. The van der Waals surface area contributed by atoms with Gasteiger partial charge >= 0.3 is 0 Å². The van der Waals surface area contributed by atoms with Crippen molar-refractivity contribution >= 4 is 6.08 Å². The molecular weight excluding hydrogens is 240 g/mol. The van der Waals surface area contributed by atoms with Gasteiger partial charge in [-0.3, -0.25) is 0 Å². The monoisotopic (exact) mass is 256 g/mol. The lowest BCUT2D eigenvalue weighted by molar-refractivity contribution is 1.57. The maximum atomic E-state index is 3.90. The second-order valence-electron chi connectivity index (χ2n) is 4.74. The lowest BCUT2D eigenvalue weighted by Crippen LogP contribution is -1.84. The van der Waals surface area contributed by atoms with Gasteiger partial charge in [-0.05, 0) is 33.9 Å². The Morgan fingerprint density at radius 1 is 0.600 bits per heavy atom. The highest BCUT2D eigenvalue weighted by Gasteiger charge is 2.03. The molecule has 0 bridgehead atoms. The molecule has 0 fully saturated rings. The van der Waals surface area contributed by atoms with E-state index in [9.17, 15) is 0 Å². The second-order valence-corrected chi connectivity index (χ2v) is 4.74. The summed E-state index contributed by atoms with van der Waals surface area (Å²) in [5, 5.41) is 0. The van der Waals surface area contributed by atoms with E-state index in [-0.39, 0.29) is 0 Å². The minimum absolute atomic E-state index is 1.16. The number of hydrogen-bond acceptors (Lipinski definition) is 0. The molecule has 0 unspecified atom stereocenters. The summed E-state index contributed by atoms with van der Waals surface area (Å²) in [6.45, 7) is 3.90. The molecule has 0 amide bonds. The van der Waals surface area contributed by atoms with E-state index in [1.807, 2.05) is 18.2 Å². The molecule has 0 radical (unpaired) electrons. The van der Waals surface area contributed by atoms with Crippen molar-refractivity contribution in [3.05, 3.63) is 91.0 Å². The zero-order valence-corrected chi connectivity index (χ0v) is 11.3. The van der Waals surface area contributed by atoms with Crippen molar-refractivity contribution < 1.29 is 0 Å². The van der Waals surface area contributed by atoms with E-state index < -0.39 is 0 Å². The Kier molecular flexibility index (Phi) is 3.47. The predicted molar refractivity (Wildman–Crippen MR) is 87.4 cm³/mol. The van der Waals surface area contributed by atoms with Crippen LogP contribution in [0.2, 0.25) is 0 Å². The first kappa shape index (κ1) is 12.4. The van der Waals surface area contributed by atoms with Crippen molar-refractivity contribution in [2.24, 2.45) is 0 Å². The second kappa shape index (κ2) is 5.58. The first-order valence-electron chi connectivity index (χ1n) is 6.76. The Labute approximate surface area is 120 Å². The topological polar surface area (TPSA) is 0 Å².